The third-order valence-corrected chi connectivity index (χ3v) is 11.2. The summed E-state index contributed by atoms with van der Waals surface area (Å²) in [5, 5.41) is 0. The van der Waals surface area contributed by atoms with Gasteiger partial charge in [0.05, 0.1) is 0 Å². The fraction of sp³-hybridized carbons (Fsp3) is 0.0172. The van der Waals surface area contributed by atoms with Gasteiger partial charge in [-0.15, -0.1) is 0 Å². The molecule has 10 rings (SSSR count). The van der Waals surface area contributed by atoms with Crippen LogP contribution in [0, 0.1) is 6.92 Å². The van der Waals surface area contributed by atoms with Gasteiger partial charge in [0.1, 0.15) is 0 Å². The van der Waals surface area contributed by atoms with E-state index < -0.39 is 0 Å². The lowest BCUT2D eigenvalue weighted by Crippen LogP contribution is -2.01. The van der Waals surface area contributed by atoms with E-state index in [1.165, 1.54) is 16.7 Å². The van der Waals surface area contributed by atoms with Crippen molar-refractivity contribution in [3.63, 3.8) is 0 Å². The van der Waals surface area contributed by atoms with Gasteiger partial charge in [-0.1, -0.05) is 200 Å². The standard InChI is InChI=1S/C58H41N3/c1-40-22-24-47(25-23-40)52-37-54(53-35-50(43-18-10-4-11-19-43)34-51(36-53)44-20-12-5-13-21-44)39-55(38-52)58-60-56(48-30-26-45(27-31-48)41-14-6-2-7-15-41)59-57(61-58)49-32-28-46(29-33-49)42-16-8-3-9-17-42/h2-39H,1H3. The molecule has 1 aromatic heterocycles. The summed E-state index contributed by atoms with van der Waals surface area (Å²) in [5.41, 5.74) is 17.6. The molecule has 10 aromatic rings. The van der Waals surface area contributed by atoms with Crippen LogP contribution in [0.4, 0.5) is 0 Å². The Labute approximate surface area is 357 Å². The zero-order valence-corrected chi connectivity index (χ0v) is 33.8. The SMILES string of the molecule is Cc1ccc(-c2cc(-c3cc(-c4ccccc4)cc(-c4ccccc4)c3)cc(-c3nc(-c4ccc(-c5ccccc5)cc4)nc(-c4ccc(-c5ccccc5)cc4)n3)c2)cc1. The van der Waals surface area contributed by atoms with E-state index in [9.17, 15) is 0 Å². The topological polar surface area (TPSA) is 38.7 Å². The van der Waals surface area contributed by atoms with Gasteiger partial charge in [-0.25, -0.2) is 15.0 Å². The molecule has 0 amide bonds. The molecular weight excluding hydrogens is 739 g/mol. The summed E-state index contributed by atoms with van der Waals surface area (Å²) < 4.78 is 0. The predicted molar refractivity (Wildman–Crippen MR) is 253 cm³/mol. The minimum Gasteiger partial charge on any atom is -0.208 e. The van der Waals surface area contributed by atoms with Crippen molar-refractivity contribution in [1.29, 1.82) is 0 Å². The molecule has 0 bridgehead atoms. The van der Waals surface area contributed by atoms with Gasteiger partial charge in [0.2, 0.25) is 0 Å². The number of hydrogen-bond donors (Lipinski definition) is 0. The first-order chi connectivity index (χ1) is 30.1. The predicted octanol–water partition coefficient (Wildman–Crippen LogP) is 15.2. The van der Waals surface area contributed by atoms with Gasteiger partial charge in [0.25, 0.3) is 0 Å². The summed E-state index contributed by atoms with van der Waals surface area (Å²) >= 11 is 0. The van der Waals surface area contributed by atoms with Gasteiger partial charge in [0.15, 0.2) is 17.5 Å². The largest absolute Gasteiger partial charge is 0.208 e. The highest BCUT2D eigenvalue weighted by Gasteiger charge is 2.17. The Morgan fingerprint density at radius 2 is 0.410 bits per heavy atom. The number of benzene rings is 9. The first-order valence-corrected chi connectivity index (χ1v) is 20.7. The van der Waals surface area contributed by atoms with Crippen molar-refractivity contribution in [1.82, 2.24) is 15.0 Å². The number of aryl methyl sites for hydroxylation is 1. The van der Waals surface area contributed by atoms with E-state index in [2.05, 4.69) is 225 Å². The third-order valence-electron chi connectivity index (χ3n) is 11.2. The molecule has 3 nitrogen and oxygen atoms in total. The van der Waals surface area contributed by atoms with E-state index in [1.54, 1.807) is 0 Å². The van der Waals surface area contributed by atoms with E-state index in [4.69, 9.17) is 15.0 Å². The summed E-state index contributed by atoms with van der Waals surface area (Å²) in [6.07, 6.45) is 0. The summed E-state index contributed by atoms with van der Waals surface area (Å²) in [5.74, 6) is 1.84. The van der Waals surface area contributed by atoms with Crippen molar-refractivity contribution < 1.29 is 0 Å². The number of hydrogen-bond acceptors (Lipinski definition) is 3. The van der Waals surface area contributed by atoms with Crippen LogP contribution in [0.5, 0.6) is 0 Å². The van der Waals surface area contributed by atoms with Crippen LogP contribution >= 0.6 is 0 Å². The van der Waals surface area contributed by atoms with E-state index in [0.29, 0.717) is 17.5 Å². The Kier molecular flexibility index (Phi) is 10.2. The molecule has 0 saturated carbocycles. The molecule has 9 aromatic carbocycles. The molecule has 3 heteroatoms. The number of aromatic nitrogens is 3. The van der Waals surface area contributed by atoms with Crippen LogP contribution in [0.15, 0.2) is 231 Å². The molecule has 0 unspecified atom stereocenters. The van der Waals surface area contributed by atoms with E-state index in [0.717, 1.165) is 72.3 Å². The average molecular weight is 780 g/mol. The molecule has 0 aliphatic carbocycles. The van der Waals surface area contributed by atoms with Crippen molar-refractivity contribution in [2.75, 3.05) is 0 Å². The lowest BCUT2D eigenvalue weighted by atomic mass is 9.91. The fourth-order valence-electron chi connectivity index (χ4n) is 7.87. The van der Waals surface area contributed by atoms with Gasteiger partial charge >= 0.3 is 0 Å². The van der Waals surface area contributed by atoms with Crippen LogP contribution in [-0.2, 0) is 0 Å². The fourth-order valence-corrected chi connectivity index (χ4v) is 7.87. The second-order valence-electron chi connectivity index (χ2n) is 15.4. The van der Waals surface area contributed by atoms with Gasteiger partial charge in [-0.2, -0.15) is 0 Å². The Balaban J connectivity index is 1.16. The highest BCUT2D eigenvalue weighted by atomic mass is 15.0. The first kappa shape index (κ1) is 37.3. The minimum absolute atomic E-state index is 0.608. The van der Waals surface area contributed by atoms with Crippen molar-refractivity contribution >= 4 is 0 Å². The van der Waals surface area contributed by atoms with E-state index in [-0.39, 0.29) is 0 Å². The van der Waals surface area contributed by atoms with Gasteiger partial charge in [-0.3, -0.25) is 0 Å². The summed E-state index contributed by atoms with van der Waals surface area (Å²) in [6.45, 7) is 2.12. The molecule has 0 fully saturated rings. The second-order valence-corrected chi connectivity index (χ2v) is 15.4. The average Bonchev–Trinajstić information content (AvgIpc) is 3.35. The molecule has 0 saturated heterocycles. The Bertz CT molecular complexity index is 2910. The quantitative estimate of drug-likeness (QED) is 0.146. The normalized spacial score (nSPS) is 11.0. The van der Waals surface area contributed by atoms with Gasteiger partial charge in [0, 0.05) is 16.7 Å². The van der Waals surface area contributed by atoms with Crippen LogP contribution in [-0.4, -0.2) is 15.0 Å². The van der Waals surface area contributed by atoms with Gasteiger partial charge in [-0.05, 0) is 110 Å². The Morgan fingerprint density at radius 3 is 0.754 bits per heavy atom. The minimum atomic E-state index is 0.608. The molecule has 1 heterocycles. The van der Waals surface area contributed by atoms with Crippen molar-refractivity contribution in [3.05, 3.63) is 236 Å². The Morgan fingerprint density at radius 1 is 0.197 bits per heavy atom. The van der Waals surface area contributed by atoms with Crippen LogP contribution in [0.1, 0.15) is 5.56 Å². The highest BCUT2D eigenvalue weighted by Crippen LogP contribution is 2.38. The Hall–Kier alpha value is -8.01. The molecular formula is C58H41N3. The lowest BCUT2D eigenvalue weighted by Gasteiger charge is -2.15. The highest BCUT2D eigenvalue weighted by molar-refractivity contribution is 5.86. The number of rotatable bonds is 9. The molecule has 0 atom stereocenters. The maximum atomic E-state index is 5.26. The maximum absolute atomic E-state index is 5.26. The van der Waals surface area contributed by atoms with Crippen molar-refractivity contribution in [3.8, 4) is 101 Å². The summed E-state index contributed by atoms with van der Waals surface area (Å²) in [7, 11) is 0. The maximum Gasteiger partial charge on any atom is 0.164 e. The molecule has 0 aliphatic rings. The number of nitrogens with zero attached hydrogens (tertiary/aromatic N) is 3. The lowest BCUT2D eigenvalue weighted by molar-refractivity contribution is 1.07. The molecule has 0 spiro atoms. The smallest absolute Gasteiger partial charge is 0.164 e. The monoisotopic (exact) mass is 779 g/mol. The van der Waals surface area contributed by atoms with Gasteiger partial charge < -0.3 is 0 Å². The second kappa shape index (κ2) is 16.7. The molecule has 0 radical (unpaired) electrons. The van der Waals surface area contributed by atoms with Crippen LogP contribution < -0.4 is 0 Å². The molecule has 288 valence electrons. The van der Waals surface area contributed by atoms with Crippen LogP contribution in [0.3, 0.4) is 0 Å². The zero-order chi connectivity index (χ0) is 41.0. The van der Waals surface area contributed by atoms with Crippen molar-refractivity contribution in [2.24, 2.45) is 0 Å². The molecule has 0 N–H and O–H groups in total. The third kappa shape index (κ3) is 8.18. The van der Waals surface area contributed by atoms with E-state index >= 15 is 0 Å². The van der Waals surface area contributed by atoms with Crippen molar-refractivity contribution in [2.45, 2.75) is 6.92 Å². The first-order valence-electron chi connectivity index (χ1n) is 20.7. The summed E-state index contributed by atoms with van der Waals surface area (Å²) in [6, 6.07) is 81.4. The van der Waals surface area contributed by atoms with Crippen LogP contribution in [0.25, 0.3) is 101 Å². The summed E-state index contributed by atoms with van der Waals surface area (Å²) in [4.78, 5) is 15.7. The molecule has 0 aliphatic heterocycles. The van der Waals surface area contributed by atoms with E-state index in [1.807, 2.05) is 12.1 Å². The van der Waals surface area contributed by atoms with Crippen LogP contribution in [0.2, 0.25) is 0 Å². The molecule has 61 heavy (non-hydrogen) atoms. The zero-order valence-electron chi connectivity index (χ0n) is 33.8.